The van der Waals surface area contributed by atoms with Crippen molar-refractivity contribution in [3.05, 3.63) is 126 Å². The second-order valence-electron chi connectivity index (χ2n) is 17.2. The Bertz CT molecular complexity index is 3120. The lowest BCUT2D eigenvalue weighted by molar-refractivity contribution is -0.136. The van der Waals surface area contributed by atoms with Gasteiger partial charge in [-0.3, -0.25) is 53.7 Å². The lowest BCUT2D eigenvalue weighted by atomic mass is 10.0. The number of rotatable bonds is 13. The number of methoxy groups -OCH3 is 1. The van der Waals surface area contributed by atoms with Crippen LogP contribution in [0.3, 0.4) is 0 Å². The molecule has 21 heteroatoms. The Labute approximate surface area is 397 Å². The molecular formula is C49H42FN11O9. The van der Waals surface area contributed by atoms with Crippen molar-refractivity contribution < 1.29 is 47.4 Å². The number of carbonyl (C=O) groups excluding carboxylic acids is 7. The van der Waals surface area contributed by atoms with Gasteiger partial charge in [-0.2, -0.15) is 0 Å². The number of anilines is 4. The Hall–Kier alpha value is -8.72. The minimum atomic E-state index is -1.22. The number of carbonyl (C=O) groups is 7. The average Bonchev–Trinajstić information content (AvgIpc) is 4.15. The fourth-order valence-electron chi connectivity index (χ4n) is 8.63. The van der Waals surface area contributed by atoms with Crippen molar-refractivity contribution >= 4 is 75.0 Å². The summed E-state index contributed by atoms with van der Waals surface area (Å²) in [5.74, 6) is -2.49. The number of nitrogens with zero attached hydrogens (tertiary/aromatic N) is 7. The van der Waals surface area contributed by atoms with Crippen molar-refractivity contribution in [2.75, 3.05) is 54.1 Å². The van der Waals surface area contributed by atoms with E-state index in [0.717, 1.165) is 10.6 Å². The molecule has 0 spiro atoms. The van der Waals surface area contributed by atoms with Gasteiger partial charge in [-0.05, 0) is 104 Å². The Morgan fingerprint density at radius 1 is 0.786 bits per heavy atom. The first kappa shape index (κ1) is 45.1. The zero-order valence-corrected chi connectivity index (χ0v) is 37.4. The van der Waals surface area contributed by atoms with Crippen molar-refractivity contribution in [3.63, 3.8) is 0 Å². The number of hydrogen-bond acceptors (Lipinski definition) is 15. The Balaban J connectivity index is 0.724. The van der Waals surface area contributed by atoms with Crippen LogP contribution in [0.4, 0.5) is 27.1 Å². The van der Waals surface area contributed by atoms with Crippen molar-refractivity contribution in [2.45, 2.75) is 38.3 Å². The van der Waals surface area contributed by atoms with Gasteiger partial charge in [-0.15, -0.1) is 10.2 Å². The third kappa shape index (κ3) is 8.92. The number of ether oxygens (including phenoxy) is 2. The highest BCUT2D eigenvalue weighted by molar-refractivity contribution is 6.24. The Kier molecular flexibility index (Phi) is 11.9. The summed E-state index contributed by atoms with van der Waals surface area (Å²) in [6.07, 6.45) is 3.80. The van der Waals surface area contributed by atoms with Crippen LogP contribution < -0.4 is 35.6 Å². The predicted octanol–water partition coefficient (Wildman–Crippen LogP) is 4.69. The fraction of sp³-hybridized carbons (Fsp3) is 0.245. The van der Waals surface area contributed by atoms with Crippen LogP contribution >= 0.6 is 0 Å². The SMILES string of the molecule is COc1cc2c(Oc3ccc(NC(=O)C4(C(=O)Nc5ccc(F)cc5)CC4)cc3)ccnc2cc1NC(=O)c1cnc(CN2CCN(c3ccc4c(c3)C(=O)N(C3CCC(=O)NC3=O)C4=O)CC2)nn1. The standard InChI is InChI=1S/C49H42FN11O9/c1-69-40-23-34-35(51-17-14-39(34)70-31-9-6-29(7-10-31)54-48(68)49(15-16-49)47(67)53-28-4-2-27(50)3-5-28)24-36(40)55-43(63)37-25-52-41(58-57-37)26-59-18-20-60(21-19-59)30-8-11-32-33(22-30)46(66)61(45(32)65)38-12-13-42(62)56-44(38)64/h2-11,14,17,22-25,38H,12-13,15-16,18-21,26H2,1H3,(H,53,67)(H,54,68)(H,55,63)(H,56,62,64). The van der Waals surface area contributed by atoms with Gasteiger partial charge in [0, 0.05) is 61.2 Å². The highest BCUT2D eigenvalue weighted by Gasteiger charge is 2.56. The van der Waals surface area contributed by atoms with E-state index in [1.807, 2.05) is 0 Å². The molecular weight excluding hydrogens is 906 g/mol. The van der Waals surface area contributed by atoms with E-state index in [-0.39, 0.29) is 29.7 Å². The monoisotopic (exact) mass is 947 g/mol. The number of pyridine rings is 1. The molecule has 354 valence electrons. The van der Waals surface area contributed by atoms with E-state index in [9.17, 15) is 38.0 Å². The van der Waals surface area contributed by atoms with Crippen molar-refractivity contribution in [3.8, 4) is 17.2 Å². The molecule has 1 atom stereocenters. The van der Waals surface area contributed by atoms with E-state index >= 15 is 0 Å². The maximum Gasteiger partial charge on any atom is 0.277 e. The summed E-state index contributed by atoms with van der Waals surface area (Å²) in [7, 11) is 1.46. The topological polar surface area (TPSA) is 247 Å². The normalized spacial score (nSPS) is 17.4. The molecule has 2 saturated heterocycles. The molecule has 4 aromatic carbocycles. The average molecular weight is 948 g/mol. The number of amides is 7. The third-order valence-corrected chi connectivity index (χ3v) is 12.7. The van der Waals surface area contributed by atoms with Gasteiger partial charge in [0.05, 0.1) is 42.2 Å². The third-order valence-electron chi connectivity index (χ3n) is 12.7. The number of benzene rings is 4. The van der Waals surface area contributed by atoms with E-state index < -0.39 is 58.6 Å². The number of piperidine rings is 1. The number of hydrogen-bond donors (Lipinski definition) is 4. The van der Waals surface area contributed by atoms with Crippen molar-refractivity contribution in [2.24, 2.45) is 5.41 Å². The minimum absolute atomic E-state index is 0.0261. The number of aromatic nitrogens is 4. The Morgan fingerprint density at radius 3 is 2.14 bits per heavy atom. The number of fused-ring (bicyclic) bond motifs is 2. The van der Waals surface area contributed by atoms with Gasteiger partial charge in [0.25, 0.3) is 17.7 Å². The molecule has 3 fully saturated rings. The molecule has 5 heterocycles. The second-order valence-corrected chi connectivity index (χ2v) is 17.2. The van der Waals surface area contributed by atoms with Crippen LogP contribution in [0, 0.1) is 11.2 Å². The molecule has 10 rings (SSSR count). The van der Waals surface area contributed by atoms with Crippen LogP contribution in [0.2, 0.25) is 0 Å². The van der Waals surface area contributed by atoms with Gasteiger partial charge >= 0.3 is 0 Å². The van der Waals surface area contributed by atoms with Crippen LogP contribution in [0.1, 0.15) is 62.7 Å². The summed E-state index contributed by atoms with van der Waals surface area (Å²) in [6.45, 7) is 2.82. The molecule has 3 aliphatic heterocycles. The second kappa shape index (κ2) is 18.4. The van der Waals surface area contributed by atoms with E-state index in [1.165, 1.54) is 37.6 Å². The van der Waals surface area contributed by atoms with Gasteiger partial charge < -0.3 is 30.3 Å². The number of imide groups is 2. The molecule has 4 N–H and O–H groups in total. The maximum absolute atomic E-state index is 13.4. The first-order valence-electron chi connectivity index (χ1n) is 22.3. The van der Waals surface area contributed by atoms with E-state index in [4.69, 9.17) is 9.47 Å². The molecule has 0 radical (unpaired) electrons. The molecule has 70 heavy (non-hydrogen) atoms. The first-order chi connectivity index (χ1) is 33.8. The van der Waals surface area contributed by atoms with E-state index in [1.54, 1.807) is 66.9 Å². The van der Waals surface area contributed by atoms with Gasteiger partial charge in [0.2, 0.25) is 23.6 Å². The summed E-state index contributed by atoms with van der Waals surface area (Å²) in [5, 5.41) is 19.5. The molecule has 4 aliphatic rings. The highest BCUT2D eigenvalue weighted by atomic mass is 19.1. The lowest BCUT2D eigenvalue weighted by Gasteiger charge is -2.35. The van der Waals surface area contributed by atoms with Crippen molar-refractivity contribution in [1.29, 1.82) is 0 Å². The number of halogens is 1. The van der Waals surface area contributed by atoms with Crippen LogP contribution in [-0.2, 0) is 25.7 Å². The van der Waals surface area contributed by atoms with E-state index in [0.29, 0.717) is 96.6 Å². The smallest absolute Gasteiger partial charge is 0.277 e. The van der Waals surface area contributed by atoms with E-state index in [2.05, 4.69) is 51.2 Å². The molecule has 1 unspecified atom stereocenters. The van der Waals surface area contributed by atoms with Crippen LogP contribution in [0.25, 0.3) is 10.9 Å². The number of piperazine rings is 1. The summed E-state index contributed by atoms with van der Waals surface area (Å²) < 4.78 is 25.2. The summed E-state index contributed by atoms with van der Waals surface area (Å²) in [5.41, 5.74) is 1.62. The summed E-state index contributed by atoms with van der Waals surface area (Å²) in [6, 6.07) is 21.0. The summed E-state index contributed by atoms with van der Waals surface area (Å²) in [4.78, 5) is 104. The molecule has 20 nitrogen and oxygen atoms in total. The molecule has 1 aliphatic carbocycles. The molecule has 0 bridgehead atoms. The van der Waals surface area contributed by atoms with Gasteiger partial charge in [0.15, 0.2) is 11.5 Å². The molecule has 1 saturated carbocycles. The largest absolute Gasteiger partial charge is 0.495 e. The molecule has 7 amide bonds. The zero-order chi connectivity index (χ0) is 48.7. The fourth-order valence-corrected chi connectivity index (χ4v) is 8.63. The van der Waals surface area contributed by atoms with Crippen molar-refractivity contribution in [1.82, 2.24) is 35.3 Å². The Morgan fingerprint density at radius 2 is 1.49 bits per heavy atom. The van der Waals surface area contributed by atoms with Crippen LogP contribution in [-0.4, -0.2) is 111 Å². The lowest BCUT2D eigenvalue weighted by Crippen LogP contribution is -2.54. The van der Waals surface area contributed by atoms with Gasteiger partial charge in [-0.25, -0.2) is 9.37 Å². The molecule has 6 aromatic rings. The van der Waals surface area contributed by atoms with Crippen LogP contribution in [0.5, 0.6) is 17.2 Å². The highest BCUT2D eigenvalue weighted by Crippen LogP contribution is 2.48. The maximum atomic E-state index is 13.4. The van der Waals surface area contributed by atoms with Gasteiger partial charge in [-0.1, -0.05) is 0 Å². The minimum Gasteiger partial charge on any atom is -0.495 e. The van der Waals surface area contributed by atoms with Crippen LogP contribution in [0.15, 0.2) is 97.3 Å². The first-order valence-corrected chi connectivity index (χ1v) is 22.3. The zero-order valence-electron chi connectivity index (χ0n) is 37.4. The number of nitrogens with one attached hydrogen (secondary N) is 4. The quantitative estimate of drug-likeness (QED) is 0.0906. The van der Waals surface area contributed by atoms with Gasteiger partial charge in [0.1, 0.15) is 34.5 Å². The summed E-state index contributed by atoms with van der Waals surface area (Å²) >= 11 is 0. The predicted molar refractivity (Wildman–Crippen MR) is 249 cm³/mol. The molecule has 2 aromatic heterocycles.